The van der Waals surface area contributed by atoms with Crippen molar-refractivity contribution in [1.29, 1.82) is 0 Å². The summed E-state index contributed by atoms with van der Waals surface area (Å²) in [6.45, 7) is 8.56. The van der Waals surface area contributed by atoms with Crippen molar-refractivity contribution in [1.82, 2.24) is 15.3 Å². The van der Waals surface area contributed by atoms with E-state index in [1.165, 1.54) is 11.4 Å². The molecule has 0 aromatic carbocycles. The average Bonchev–Trinajstić information content (AvgIpc) is 2.45. The van der Waals surface area contributed by atoms with E-state index in [1.807, 2.05) is 0 Å². The van der Waals surface area contributed by atoms with Crippen LogP contribution in [0.15, 0.2) is 0 Å². The van der Waals surface area contributed by atoms with Crippen molar-refractivity contribution in [2.24, 2.45) is 0 Å². The number of hydrogen-bond donors (Lipinski definition) is 2. The number of aromatic amines is 1. The highest BCUT2D eigenvalue weighted by Gasteiger charge is 2.21. The van der Waals surface area contributed by atoms with Crippen molar-refractivity contribution in [3.63, 3.8) is 0 Å². The third kappa shape index (κ3) is 1.61. The van der Waals surface area contributed by atoms with Crippen LogP contribution in [0.25, 0.3) is 0 Å². The van der Waals surface area contributed by atoms with E-state index in [4.69, 9.17) is 0 Å². The van der Waals surface area contributed by atoms with E-state index in [0.717, 1.165) is 25.3 Å². The van der Waals surface area contributed by atoms with Gasteiger partial charge in [0.15, 0.2) is 0 Å². The largest absolute Gasteiger partial charge is 0.344 e. The van der Waals surface area contributed by atoms with Gasteiger partial charge in [0.05, 0.1) is 11.4 Å². The molecular formula is C10H17N3. The Morgan fingerprint density at radius 2 is 2.08 bits per heavy atom. The fourth-order valence-electron chi connectivity index (χ4n) is 1.57. The van der Waals surface area contributed by atoms with E-state index in [2.05, 4.69) is 36.1 Å². The minimum absolute atomic E-state index is 0.136. The predicted molar refractivity (Wildman–Crippen MR) is 52.7 cm³/mol. The molecule has 3 heteroatoms. The van der Waals surface area contributed by atoms with Gasteiger partial charge in [-0.1, -0.05) is 20.8 Å². The zero-order valence-electron chi connectivity index (χ0n) is 8.57. The summed E-state index contributed by atoms with van der Waals surface area (Å²) in [6.07, 6.45) is 1.06. The maximum Gasteiger partial charge on any atom is 0.112 e. The maximum absolute atomic E-state index is 4.63. The van der Waals surface area contributed by atoms with E-state index >= 15 is 0 Å². The maximum atomic E-state index is 4.63. The van der Waals surface area contributed by atoms with Crippen LogP contribution in [-0.4, -0.2) is 16.5 Å². The Morgan fingerprint density at radius 3 is 2.69 bits per heavy atom. The Labute approximate surface area is 79.0 Å². The molecule has 1 aromatic heterocycles. The number of fused-ring (bicyclic) bond motifs is 1. The topological polar surface area (TPSA) is 40.7 Å². The van der Waals surface area contributed by atoms with Gasteiger partial charge in [-0.25, -0.2) is 4.98 Å². The van der Waals surface area contributed by atoms with Gasteiger partial charge in [-0.05, 0) is 0 Å². The van der Waals surface area contributed by atoms with Gasteiger partial charge in [0.1, 0.15) is 5.82 Å². The Kier molecular flexibility index (Phi) is 1.91. The first-order valence-electron chi connectivity index (χ1n) is 4.86. The van der Waals surface area contributed by atoms with Crippen molar-refractivity contribution >= 4 is 0 Å². The summed E-state index contributed by atoms with van der Waals surface area (Å²) in [5.74, 6) is 1.11. The average molecular weight is 179 g/mol. The molecular weight excluding hydrogens is 162 g/mol. The molecule has 0 aliphatic carbocycles. The molecule has 1 aliphatic rings. The van der Waals surface area contributed by atoms with Gasteiger partial charge in [-0.15, -0.1) is 0 Å². The lowest BCUT2D eigenvalue weighted by Crippen LogP contribution is -2.23. The lowest BCUT2D eigenvalue weighted by molar-refractivity contribution is 0.550. The summed E-state index contributed by atoms with van der Waals surface area (Å²) in [5.41, 5.74) is 2.66. The van der Waals surface area contributed by atoms with Crippen LogP contribution in [0.4, 0.5) is 0 Å². The molecule has 0 atom stereocenters. The first-order valence-corrected chi connectivity index (χ1v) is 4.86. The minimum atomic E-state index is 0.136. The molecule has 0 saturated carbocycles. The molecule has 0 unspecified atom stereocenters. The molecule has 0 spiro atoms. The molecule has 2 N–H and O–H groups in total. The molecule has 72 valence electrons. The van der Waals surface area contributed by atoms with Gasteiger partial charge in [0.25, 0.3) is 0 Å². The van der Waals surface area contributed by atoms with Crippen LogP contribution in [0.2, 0.25) is 0 Å². The Hall–Kier alpha value is -0.830. The van der Waals surface area contributed by atoms with Crippen LogP contribution in [0.5, 0.6) is 0 Å². The summed E-state index contributed by atoms with van der Waals surface area (Å²) in [4.78, 5) is 8.03. The second-order valence-corrected chi connectivity index (χ2v) is 4.69. The highest BCUT2D eigenvalue weighted by Crippen LogP contribution is 2.21. The van der Waals surface area contributed by atoms with Crippen molar-refractivity contribution < 1.29 is 0 Å². The van der Waals surface area contributed by atoms with Gasteiger partial charge in [-0.3, -0.25) is 0 Å². The van der Waals surface area contributed by atoms with E-state index in [9.17, 15) is 0 Å². The highest BCUT2D eigenvalue weighted by molar-refractivity contribution is 5.20. The van der Waals surface area contributed by atoms with Crippen LogP contribution < -0.4 is 5.32 Å². The standard InChI is InChI=1S/C10H17N3/c1-10(2,3)9-12-7-4-5-11-6-8(7)13-9/h11H,4-6H2,1-3H3,(H,12,13). The van der Waals surface area contributed by atoms with E-state index in [0.29, 0.717) is 0 Å². The van der Waals surface area contributed by atoms with E-state index in [1.54, 1.807) is 0 Å². The second kappa shape index (κ2) is 2.84. The zero-order valence-corrected chi connectivity index (χ0v) is 8.57. The first-order chi connectivity index (χ1) is 6.07. The fourth-order valence-corrected chi connectivity index (χ4v) is 1.57. The Balaban J connectivity index is 2.36. The number of H-pyrrole nitrogens is 1. The van der Waals surface area contributed by atoms with Crippen molar-refractivity contribution in [3.8, 4) is 0 Å². The van der Waals surface area contributed by atoms with Gasteiger partial charge < -0.3 is 10.3 Å². The van der Waals surface area contributed by atoms with Crippen LogP contribution in [0, 0.1) is 0 Å². The smallest absolute Gasteiger partial charge is 0.112 e. The Bertz CT molecular complexity index is 283. The number of rotatable bonds is 0. The van der Waals surface area contributed by atoms with Crippen LogP contribution in [0.1, 0.15) is 38.0 Å². The summed E-state index contributed by atoms with van der Waals surface area (Å²) in [7, 11) is 0. The molecule has 0 fully saturated rings. The van der Waals surface area contributed by atoms with Gasteiger partial charge >= 0.3 is 0 Å². The van der Waals surface area contributed by atoms with Crippen LogP contribution in [-0.2, 0) is 18.4 Å². The molecule has 0 amide bonds. The molecule has 1 aromatic rings. The number of aromatic nitrogens is 2. The molecule has 13 heavy (non-hydrogen) atoms. The first kappa shape index (κ1) is 8.75. The molecule has 0 radical (unpaired) electrons. The Morgan fingerprint density at radius 1 is 1.31 bits per heavy atom. The summed E-state index contributed by atoms with van der Waals surface area (Å²) in [5, 5.41) is 3.33. The highest BCUT2D eigenvalue weighted by atomic mass is 15.0. The van der Waals surface area contributed by atoms with Crippen molar-refractivity contribution in [2.75, 3.05) is 6.54 Å². The molecule has 2 heterocycles. The molecule has 0 saturated heterocycles. The predicted octanol–water partition coefficient (Wildman–Crippen LogP) is 1.35. The quantitative estimate of drug-likeness (QED) is 0.631. The molecule has 1 aliphatic heterocycles. The molecule has 2 rings (SSSR count). The van der Waals surface area contributed by atoms with Gasteiger partial charge in [0.2, 0.25) is 0 Å². The number of hydrogen-bond acceptors (Lipinski definition) is 2. The third-order valence-electron chi connectivity index (χ3n) is 2.42. The minimum Gasteiger partial charge on any atom is -0.344 e. The SMILES string of the molecule is CC(C)(C)c1nc2c([nH]1)CNCC2. The van der Waals surface area contributed by atoms with Crippen molar-refractivity contribution in [3.05, 3.63) is 17.2 Å². The van der Waals surface area contributed by atoms with Crippen molar-refractivity contribution in [2.45, 2.75) is 39.2 Å². The second-order valence-electron chi connectivity index (χ2n) is 4.69. The fraction of sp³-hybridized carbons (Fsp3) is 0.700. The lowest BCUT2D eigenvalue weighted by Gasteiger charge is -2.14. The normalized spacial score (nSPS) is 17.2. The van der Waals surface area contributed by atoms with Crippen LogP contribution in [0.3, 0.4) is 0 Å². The van der Waals surface area contributed by atoms with Gasteiger partial charge in [0, 0.05) is 24.9 Å². The van der Waals surface area contributed by atoms with Crippen LogP contribution >= 0.6 is 0 Å². The number of nitrogens with zero attached hydrogens (tertiary/aromatic N) is 1. The van der Waals surface area contributed by atoms with Gasteiger partial charge in [-0.2, -0.15) is 0 Å². The number of imidazole rings is 1. The zero-order chi connectivity index (χ0) is 9.47. The summed E-state index contributed by atoms with van der Waals surface area (Å²) >= 11 is 0. The monoisotopic (exact) mass is 179 g/mol. The van der Waals surface area contributed by atoms with E-state index in [-0.39, 0.29) is 5.41 Å². The molecule has 0 bridgehead atoms. The lowest BCUT2D eigenvalue weighted by atomic mass is 9.96. The number of nitrogens with one attached hydrogen (secondary N) is 2. The third-order valence-corrected chi connectivity index (χ3v) is 2.42. The summed E-state index contributed by atoms with van der Waals surface area (Å²) < 4.78 is 0. The molecule has 3 nitrogen and oxygen atoms in total. The summed E-state index contributed by atoms with van der Waals surface area (Å²) in [6, 6.07) is 0. The van der Waals surface area contributed by atoms with E-state index < -0.39 is 0 Å².